The van der Waals surface area contributed by atoms with E-state index in [1.807, 2.05) is 19.4 Å². The molecule has 0 fully saturated rings. The van der Waals surface area contributed by atoms with Gasteiger partial charge >= 0.3 is 0 Å². The van der Waals surface area contributed by atoms with Crippen molar-refractivity contribution >= 4 is 15.9 Å². The van der Waals surface area contributed by atoms with E-state index in [0.717, 1.165) is 10.0 Å². The molecule has 0 spiro atoms. The summed E-state index contributed by atoms with van der Waals surface area (Å²) in [5, 5.41) is 3.28. The van der Waals surface area contributed by atoms with Crippen molar-refractivity contribution in [2.45, 2.75) is 13.0 Å². The third kappa shape index (κ3) is 2.70. The van der Waals surface area contributed by atoms with Crippen molar-refractivity contribution in [3.8, 4) is 0 Å². The molecule has 4 heteroatoms. The van der Waals surface area contributed by atoms with Crippen molar-refractivity contribution in [2.75, 3.05) is 7.05 Å². The Morgan fingerprint density at radius 2 is 1.88 bits per heavy atom. The maximum absolute atomic E-state index is 4.06. The van der Waals surface area contributed by atoms with Gasteiger partial charge in [-0.05, 0) is 31.2 Å². The molecule has 0 aliphatic carbocycles. The third-order valence-electron chi connectivity index (χ3n) is 2.73. The first-order valence-electron chi connectivity index (χ1n) is 5.40. The molecular formula is C13H14BrN3. The van der Waals surface area contributed by atoms with Crippen LogP contribution in [0.5, 0.6) is 0 Å². The van der Waals surface area contributed by atoms with Gasteiger partial charge in [0.1, 0.15) is 6.33 Å². The minimum absolute atomic E-state index is 0.119. The molecule has 0 amide bonds. The number of aryl methyl sites for hydroxylation is 1. The van der Waals surface area contributed by atoms with E-state index >= 15 is 0 Å². The van der Waals surface area contributed by atoms with Gasteiger partial charge in [0.05, 0.1) is 6.04 Å². The van der Waals surface area contributed by atoms with Gasteiger partial charge in [0, 0.05) is 22.4 Å². The zero-order valence-electron chi connectivity index (χ0n) is 9.81. The van der Waals surface area contributed by atoms with Gasteiger partial charge in [-0.1, -0.05) is 28.1 Å². The van der Waals surface area contributed by atoms with Crippen LogP contribution in [0.15, 0.2) is 41.4 Å². The Morgan fingerprint density at radius 3 is 2.47 bits per heavy atom. The van der Waals surface area contributed by atoms with Crippen LogP contribution in [-0.2, 0) is 0 Å². The van der Waals surface area contributed by atoms with E-state index in [0.29, 0.717) is 0 Å². The summed E-state index contributed by atoms with van der Waals surface area (Å²) < 4.78 is 1.12. The maximum Gasteiger partial charge on any atom is 0.115 e. The number of nitrogens with zero attached hydrogens (tertiary/aromatic N) is 2. The fourth-order valence-corrected chi connectivity index (χ4v) is 2.17. The Hall–Kier alpha value is -1.26. The van der Waals surface area contributed by atoms with Crippen molar-refractivity contribution < 1.29 is 0 Å². The highest BCUT2D eigenvalue weighted by Gasteiger charge is 2.12. The zero-order valence-corrected chi connectivity index (χ0v) is 11.4. The lowest BCUT2D eigenvalue weighted by Crippen LogP contribution is -2.18. The second-order valence-corrected chi connectivity index (χ2v) is 4.76. The monoisotopic (exact) mass is 291 g/mol. The maximum atomic E-state index is 4.06. The molecule has 0 aliphatic rings. The van der Waals surface area contributed by atoms with Crippen molar-refractivity contribution in [2.24, 2.45) is 0 Å². The van der Waals surface area contributed by atoms with Gasteiger partial charge in [0.25, 0.3) is 0 Å². The predicted octanol–water partition coefficient (Wildman–Crippen LogP) is 2.86. The van der Waals surface area contributed by atoms with Gasteiger partial charge in [-0.2, -0.15) is 0 Å². The molecule has 1 aromatic carbocycles. The lowest BCUT2D eigenvalue weighted by atomic mass is 10.0. The molecule has 0 bridgehead atoms. The number of rotatable bonds is 3. The van der Waals surface area contributed by atoms with E-state index in [4.69, 9.17) is 0 Å². The van der Waals surface area contributed by atoms with Crippen molar-refractivity contribution in [3.05, 3.63) is 58.1 Å². The highest BCUT2D eigenvalue weighted by molar-refractivity contribution is 9.10. The summed E-state index contributed by atoms with van der Waals surface area (Å²) in [5.41, 5.74) is 3.48. The molecule has 0 saturated carbocycles. The second kappa shape index (κ2) is 5.38. The Bertz CT molecular complexity index is 499. The van der Waals surface area contributed by atoms with Gasteiger partial charge in [0.2, 0.25) is 0 Å². The molecule has 88 valence electrons. The van der Waals surface area contributed by atoms with Crippen molar-refractivity contribution in [3.63, 3.8) is 0 Å². The molecular weight excluding hydrogens is 278 g/mol. The van der Waals surface area contributed by atoms with Crippen LogP contribution in [0.4, 0.5) is 0 Å². The number of aromatic nitrogens is 2. The Balaban J connectivity index is 2.39. The largest absolute Gasteiger partial charge is 0.309 e. The topological polar surface area (TPSA) is 37.8 Å². The minimum Gasteiger partial charge on any atom is -0.309 e. The van der Waals surface area contributed by atoms with Gasteiger partial charge in [-0.3, -0.25) is 0 Å². The Labute approximate surface area is 109 Å². The summed E-state index contributed by atoms with van der Waals surface area (Å²) in [5.74, 6) is 0. The molecule has 1 atom stereocenters. The van der Waals surface area contributed by atoms with Crippen LogP contribution >= 0.6 is 15.9 Å². The fourth-order valence-electron chi connectivity index (χ4n) is 1.77. The summed E-state index contributed by atoms with van der Waals surface area (Å²) in [6, 6.07) is 6.47. The van der Waals surface area contributed by atoms with Crippen LogP contribution in [0.3, 0.4) is 0 Å². The Morgan fingerprint density at radius 1 is 1.18 bits per heavy atom. The van der Waals surface area contributed by atoms with Crippen LogP contribution in [-0.4, -0.2) is 17.0 Å². The first-order valence-corrected chi connectivity index (χ1v) is 6.20. The van der Waals surface area contributed by atoms with Gasteiger partial charge in [-0.25, -0.2) is 9.97 Å². The van der Waals surface area contributed by atoms with E-state index in [-0.39, 0.29) is 6.04 Å². The second-order valence-electron chi connectivity index (χ2n) is 3.90. The minimum atomic E-state index is 0.119. The fraction of sp³-hybridized carbons (Fsp3) is 0.231. The van der Waals surface area contributed by atoms with E-state index in [1.54, 1.807) is 6.33 Å². The lowest BCUT2D eigenvalue weighted by molar-refractivity contribution is 0.684. The molecule has 0 radical (unpaired) electrons. The smallest absolute Gasteiger partial charge is 0.115 e. The average molecular weight is 292 g/mol. The number of hydrogen-bond acceptors (Lipinski definition) is 3. The summed E-state index contributed by atoms with van der Waals surface area (Å²) in [6.45, 7) is 2.08. The van der Waals surface area contributed by atoms with Gasteiger partial charge < -0.3 is 5.32 Å². The van der Waals surface area contributed by atoms with Crippen molar-refractivity contribution in [1.82, 2.24) is 15.3 Å². The first-order chi connectivity index (χ1) is 8.22. The number of halogens is 1. The quantitative estimate of drug-likeness (QED) is 0.945. The van der Waals surface area contributed by atoms with E-state index in [2.05, 4.69) is 56.3 Å². The molecule has 0 aliphatic heterocycles. The van der Waals surface area contributed by atoms with Crippen LogP contribution in [0.2, 0.25) is 0 Å². The van der Waals surface area contributed by atoms with E-state index < -0.39 is 0 Å². The van der Waals surface area contributed by atoms with Crippen LogP contribution in [0, 0.1) is 6.92 Å². The molecule has 0 saturated heterocycles. The van der Waals surface area contributed by atoms with Gasteiger partial charge in [0.15, 0.2) is 0 Å². The molecule has 1 unspecified atom stereocenters. The number of hydrogen-bond donors (Lipinski definition) is 1. The predicted molar refractivity (Wildman–Crippen MR) is 71.8 cm³/mol. The van der Waals surface area contributed by atoms with Gasteiger partial charge in [-0.15, -0.1) is 0 Å². The van der Waals surface area contributed by atoms with Crippen LogP contribution in [0.25, 0.3) is 0 Å². The van der Waals surface area contributed by atoms with Crippen LogP contribution < -0.4 is 5.32 Å². The molecule has 17 heavy (non-hydrogen) atoms. The summed E-state index contributed by atoms with van der Waals surface area (Å²) in [6.07, 6.45) is 5.21. The standard InChI is InChI=1S/C13H14BrN3/c1-9-3-4-10(5-12(9)14)13(15-2)11-6-16-8-17-7-11/h3-8,13,15H,1-2H3. The van der Waals surface area contributed by atoms with E-state index in [1.165, 1.54) is 11.1 Å². The highest BCUT2D eigenvalue weighted by Crippen LogP contribution is 2.25. The highest BCUT2D eigenvalue weighted by atomic mass is 79.9. The number of nitrogens with one attached hydrogen (secondary N) is 1. The molecule has 3 nitrogen and oxygen atoms in total. The lowest BCUT2D eigenvalue weighted by Gasteiger charge is -2.17. The van der Waals surface area contributed by atoms with Crippen LogP contribution in [0.1, 0.15) is 22.7 Å². The molecule has 2 rings (SSSR count). The van der Waals surface area contributed by atoms with Crippen molar-refractivity contribution in [1.29, 1.82) is 0 Å². The first kappa shape index (κ1) is 12.2. The average Bonchev–Trinajstić information content (AvgIpc) is 2.36. The summed E-state index contributed by atoms with van der Waals surface area (Å²) in [4.78, 5) is 8.11. The molecule has 1 aromatic heterocycles. The SMILES string of the molecule is CNC(c1cncnc1)c1ccc(C)c(Br)c1. The summed E-state index contributed by atoms with van der Waals surface area (Å²) >= 11 is 3.56. The van der Waals surface area contributed by atoms with E-state index in [9.17, 15) is 0 Å². The normalized spacial score (nSPS) is 12.4. The molecule has 2 aromatic rings. The third-order valence-corrected chi connectivity index (χ3v) is 3.59. The Kier molecular flexibility index (Phi) is 3.86. The summed E-state index contributed by atoms with van der Waals surface area (Å²) in [7, 11) is 1.94. The molecule has 1 N–H and O–H groups in total. The zero-order chi connectivity index (χ0) is 12.3. The molecule has 1 heterocycles. The number of benzene rings is 1.